The number of nitrogens with zero attached hydrogens (tertiary/aromatic N) is 1. The number of fused-ring (bicyclic) bond motifs is 1. The number of para-hydroxylation sites is 1. The first kappa shape index (κ1) is 20.4. The third-order valence-electron chi connectivity index (χ3n) is 4.52. The summed E-state index contributed by atoms with van der Waals surface area (Å²) in [4.78, 5) is 8.11. The van der Waals surface area contributed by atoms with Crippen molar-refractivity contribution in [2.75, 3.05) is 27.9 Å². The number of H-pyrrole nitrogens is 1. The molecule has 0 spiro atoms. The molecule has 0 atom stereocenters. The minimum absolute atomic E-state index is 0.471. The summed E-state index contributed by atoms with van der Waals surface area (Å²) in [7, 11) is 4.81. The number of aromatic amines is 1. The average Bonchev–Trinajstić information content (AvgIpc) is 3.17. The van der Waals surface area contributed by atoms with E-state index in [1.165, 1.54) is 5.39 Å². The Morgan fingerprint density at radius 2 is 1.69 bits per heavy atom. The maximum Gasteiger partial charge on any atom is 0.203 e. The van der Waals surface area contributed by atoms with Crippen molar-refractivity contribution in [3.05, 3.63) is 53.7 Å². The largest absolute Gasteiger partial charge is 0.493 e. The van der Waals surface area contributed by atoms with Gasteiger partial charge in [0, 0.05) is 17.8 Å². The van der Waals surface area contributed by atoms with Gasteiger partial charge in [-0.1, -0.05) is 18.2 Å². The van der Waals surface area contributed by atoms with Crippen molar-refractivity contribution in [3.63, 3.8) is 0 Å². The highest BCUT2D eigenvalue weighted by Gasteiger charge is 2.13. The number of aliphatic imine (C=N–C) groups is 1. The standard InChI is InChI=1S/C22H28N4O3/c1-5-23-22(25-14-17-12-16-8-6-7-9-18(16)26-17)24-13-15-10-19(27-2)21(29-4)20(11-15)28-3/h6-12,26H,5,13-14H2,1-4H3,(H2,23,24,25). The first-order valence-electron chi connectivity index (χ1n) is 9.56. The molecule has 0 aliphatic carbocycles. The minimum atomic E-state index is 0.471. The molecular formula is C22H28N4O3. The van der Waals surface area contributed by atoms with Gasteiger partial charge < -0.3 is 29.8 Å². The Hall–Kier alpha value is -3.35. The monoisotopic (exact) mass is 396 g/mol. The summed E-state index contributed by atoms with van der Waals surface area (Å²) in [6.45, 7) is 3.93. The molecule has 3 aromatic rings. The fourth-order valence-corrected chi connectivity index (χ4v) is 3.15. The molecule has 1 aromatic heterocycles. The Labute approximate surface area is 171 Å². The second-order valence-corrected chi connectivity index (χ2v) is 6.46. The highest BCUT2D eigenvalue weighted by Crippen LogP contribution is 2.38. The number of hydrogen-bond donors (Lipinski definition) is 3. The van der Waals surface area contributed by atoms with Crippen LogP contribution in [0.25, 0.3) is 10.9 Å². The van der Waals surface area contributed by atoms with Crippen molar-refractivity contribution < 1.29 is 14.2 Å². The number of benzene rings is 2. The van der Waals surface area contributed by atoms with Crippen LogP contribution >= 0.6 is 0 Å². The first-order valence-corrected chi connectivity index (χ1v) is 9.56. The van der Waals surface area contributed by atoms with Crippen LogP contribution in [0, 0.1) is 0 Å². The molecule has 29 heavy (non-hydrogen) atoms. The number of ether oxygens (including phenoxy) is 3. The van der Waals surface area contributed by atoms with Crippen LogP contribution < -0.4 is 24.8 Å². The van der Waals surface area contributed by atoms with Crippen LogP contribution in [0.15, 0.2) is 47.5 Å². The molecule has 1 heterocycles. The number of nitrogens with one attached hydrogen (secondary N) is 3. The van der Waals surface area contributed by atoms with E-state index < -0.39 is 0 Å². The van der Waals surface area contributed by atoms with Crippen LogP contribution in [0.4, 0.5) is 0 Å². The summed E-state index contributed by atoms with van der Waals surface area (Å²) < 4.78 is 16.2. The summed E-state index contributed by atoms with van der Waals surface area (Å²) in [5, 5.41) is 7.84. The van der Waals surface area contributed by atoms with Crippen LogP contribution in [0.1, 0.15) is 18.2 Å². The molecule has 0 bridgehead atoms. The van der Waals surface area contributed by atoms with Gasteiger partial charge in [0.15, 0.2) is 17.5 Å². The van der Waals surface area contributed by atoms with E-state index in [-0.39, 0.29) is 0 Å². The van der Waals surface area contributed by atoms with Gasteiger partial charge in [-0.15, -0.1) is 0 Å². The number of hydrogen-bond acceptors (Lipinski definition) is 4. The number of guanidine groups is 1. The molecule has 0 unspecified atom stereocenters. The quantitative estimate of drug-likeness (QED) is 0.401. The molecule has 7 heteroatoms. The van der Waals surface area contributed by atoms with Crippen molar-refractivity contribution in [1.29, 1.82) is 0 Å². The number of methoxy groups -OCH3 is 3. The normalized spacial score (nSPS) is 11.4. The molecule has 3 rings (SSSR count). The van der Waals surface area contributed by atoms with Crippen molar-refractivity contribution in [1.82, 2.24) is 15.6 Å². The van der Waals surface area contributed by atoms with Gasteiger partial charge >= 0.3 is 0 Å². The van der Waals surface area contributed by atoms with E-state index in [2.05, 4.69) is 38.8 Å². The van der Waals surface area contributed by atoms with Gasteiger partial charge in [0.05, 0.1) is 34.4 Å². The zero-order valence-corrected chi connectivity index (χ0v) is 17.3. The van der Waals surface area contributed by atoms with Gasteiger partial charge in [0.1, 0.15) is 0 Å². The van der Waals surface area contributed by atoms with Gasteiger partial charge in [-0.3, -0.25) is 0 Å². The van der Waals surface area contributed by atoms with Gasteiger partial charge in [0.2, 0.25) is 5.75 Å². The van der Waals surface area contributed by atoms with E-state index in [0.29, 0.717) is 30.3 Å². The van der Waals surface area contributed by atoms with E-state index >= 15 is 0 Å². The van der Waals surface area contributed by atoms with E-state index in [0.717, 1.165) is 29.3 Å². The maximum absolute atomic E-state index is 5.42. The highest BCUT2D eigenvalue weighted by atomic mass is 16.5. The second kappa shape index (κ2) is 9.73. The van der Waals surface area contributed by atoms with Crippen LogP contribution in [-0.2, 0) is 13.1 Å². The SMILES string of the molecule is CCNC(=NCc1cc(OC)c(OC)c(OC)c1)NCc1cc2ccccc2[nH]1. The third kappa shape index (κ3) is 4.93. The third-order valence-corrected chi connectivity index (χ3v) is 4.52. The van der Waals surface area contributed by atoms with Crippen molar-refractivity contribution in [3.8, 4) is 17.2 Å². The van der Waals surface area contributed by atoms with Gasteiger partial charge in [-0.2, -0.15) is 0 Å². The lowest BCUT2D eigenvalue weighted by Crippen LogP contribution is -2.36. The van der Waals surface area contributed by atoms with Gasteiger partial charge in [0.25, 0.3) is 0 Å². The lowest BCUT2D eigenvalue weighted by molar-refractivity contribution is 0.324. The topological polar surface area (TPSA) is 79.9 Å². The summed E-state index contributed by atoms with van der Waals surface area (Å²) in [5.41, 5.74) is 3.19. The lowest BCUT2D eigenvalue weighted by atomic mass is 10.2. The van der Waals surface area contributed by atoms with Crippen molar-refractivity contribution in [2.24, 2.45) is 4.99 Å². The molecular weight excluding hydrogens is 368 g/mol. The molecule has 3 N–H and O–H groups in total. The van der Waals surface area contributed by atoms with Crippen LogP contribution in [-0.4, -0.2) is 38.8 Å². The van der Waals surface area contributed by atoms with Gasteiger partial charge in [-0.05, 0) is 42.1 Å². The molecule has 0 saturated heterocycles. The Kier molecular flexibility index (Phi) is 6.84. The number of rotatable bonds is 8. The minimum Gasteiger partial charge on any atom is -0.493 e. The molecule has 0 aliphatic rings. The highest BCUT2D eigenvalue weighted by molar-refractivity contribution is 5.81. The average molecular weight is 396 g/mol. The van der Waals surface area contributed by atoms with Crippen LogP contribution in [0.3, 0.4) is 0 Å². The Bertz CT molecular complexity index is 923. The van der Waals surface area contributed by atoms with Crippen LogP contribution in [0.5, 0.6) is 17.2 Å². The second-order valence-electron chi connectivity index (χ2n) is 6.46. The molecule has 0 amide bonds. The Balaban J connectivity index is 1.73. The molecule has 0 aliphatic heterocycles. The fraction of sp³-hybridized carbons (Fsp3) is 0.318. The summed E-state index contributed by atoms with van der Waals surface area (Å²) in [5.74, 6) is 2.55. The molecule has 0 fully saturated rings. The van der Waals surface area contributed by atoms with Crippen molar-refractivity contribution >= 4 is 16.9 Å². The fourth-order valence-electron chi connectivity index (χ4n) is 3.15. The molecule has 7 nitrogen and oxygen atoms in total. The van der Waals surface area contributed by atoms with E-state index in [9.17, 15) is 0 Å². The van der Waals surface area contributed by atoms with E-state index in [1.807, 2.05) is 31.2 Å². The predicted octanol–water partition coefficient (Wildman–Crippen LogP) is 3.45. The predicted molar refractivity (Wildman–Crippen MR) is 116 cm³/mol. The smallest absolute Gasteiger partial charge is 0.203 e. The maximum atomic E-state index is 5.42. The summed E-state index contributed by atoms with van der Waals surface area (Å²) in [6.07, 6.45) is 0. The molecule has 2 aromatic carbocycles. The molecule has 154 valence electrons. The zero-order valence-electron chi connectivity index (χ0n) is 17.3. The van der Waals surface area contributed by atoms with E-state index in [4.69, 9.17) is 14.2 Å². The zero-order chi connectivity index (χ0) is 20.6. The lowest BCUT2D eigenvalue weighted by Gasteiger charge is -2.14. The summed E-state index contributed by atoms with van der Waals surface area (Å²) in [6, 6.07) is 14.2. The number of aromatic nitrogens is 1. The van der Waals surface area contributed by atoms with E-state index in [1.54, 1.807) is 21.3 Å². The van der Waals surface area contributed by atoms with Gasteiger partial charge in [-0.25, -0.2) is 4.99 Å². The van der Waals surface area contributed by atoms with Crippen LogP contribution in [0.2, 0.25) is 0 Å². The molecule has 0 radical (unpaired) electrons. The summed E-state index contributed by atoms with van der Waals surface area (Å²) >= 11 is 0. The Morgan fingerprint density at radius 3 is 2.31 bits per heavy atom. The molecule has 0 saturated carbocycles. The first-order chi connectivity index (χ1) is 14.2. The Morgan fingerprint density at radius 1 is 0.966 bits per heavy atom. The van der Waals surface area contributed by atoms with Crippen molar-refractivity contribution in [2.45, 2.75) is 20.0 Å².